The highest BCUT2D eigenvalue weighted by Gasteiger charge is 2.13. The van der Waals surface area contributed by atoms with Crippen molar-refractivity contribution in [1.29, 1.82) is 0 Å². The molecule has 1 aromatic rings. The molecule has 0 bridgehead atoms. The summed E-state index contributed by atoms with van der Waals surface area (Å²) in [6, 6.07) is 5.03. The van der Waals surface area contributed by atoms with Gasteiger partial charge in [-0.25, -0.2) is 12.8 Å². The van der Waals surface area contributed by atoms with Crippen molar-refractivity contribution in [2.24, 2.45) is 0 Å². The van der Waals surface area contributed by atoms with Crippen molar-refractivity contribution in [3.63, 3.8) is 0 Å². The maximum Gasteiger partial charge on any atom is 0.147 e. The third-order valence-corrected chi connectivity index (χ3v) is 4.67. The molecule has 1 N–H and O–H groups in total. The van der Waals surface area contributed by atoms with E-state index in [-0.39, 0.29) is 17.6 Å². The number of nitrogens with one attached hydrogen (secondary N) is 1. The molecule has 0 aliphatic rings. The molecule has 1 atom stereocenters. The fraction of sp³-hybridized carbons (Fsp3) is 0.571. The van der Waals surface area contributed by atoms with Crippen molar-refractivity contribution < 1.29 is 12.8 Å². The zero-order valence-corrected chi connectivity index (χ0v) is 14.2. The second-order valence-electron chi connectivity index (χ2n) is 4.95. The van der Waals surface area contributed by atoms with Gasteiger partial charge in [0.15, 0.2) is 0 Å². The lowest BCUT2D eigenvalue weighted by Gasteiger charge is -2.19. The molecule has 0 saturated heterocycles. The summed E-state index contributed by atoms with van der Waals surface area (Å²) >= 11 is 3.14. The Labute approximate surface area is 129 Å². The van der Waals surface area contributed by atoms with E-state index in [0.29, 0.717) is 17.3 Å². The summed E-state index contributed by atoms with van der Waals surface area (Å²) < 4.78 is 36.4. The van der Waals surface area contributed by atoms with Gasteiger partial charge in [-0.3, -0.25) is 0 Å². The summed E-state index contributed by atoms with van der Waals surface area (Å²) in [5.74, 6) is -0.134. The number of halogens is 2. The predicted molar refractivity (Wildman–Crippen MR) is 84.1 cm³/mol. The van der Waals surface area contributed by atoms with E-state index in [1.165, 1.54) is 12.3 Å². The Morgan fingerprint density at radius 1 is 1.40 bits per heavy atom. The molecular weight excluding hydrogens is 345 g/mol. The normalized spacial score (nSPS) is 13.4. The van der Waals surface area contributed by atoms with Gasteiger partial charge >= 0.3 is 0 Å². The molecule has 0 spiro atoms. The minimum Gasteiger partial charge on any atom is -0.310 e. The minimum absolute atomic E-state index is 0.0145. The first-order valence-corrected chi connectivity index (χ1v) is 9.55. The molecule has 0 fully saturated rings. The topological polar surface area (TPSA) is 46.2 Å². The summed E-state index contributed by atoms with van der Waals surface area (Å²) in [6.07, 6.45) is 3.45. The minimum atomic E-state index is -2.95. The predicted octanol–water partition coefficient (Wildman–Crippen LogP) is 3.45. The van der Waals surface area contributed by atoms with Crippen molar-refractivity contribution >= 4 is 25.8 Å². The van der Waals surface area contributed by atoms with Crippen LogP contribution in [0.4, 0.5) is 4.39 Å². The summed E-state index contributed by atoms with van der Waals surface area (Å²) in [7, 11) is -2.95. The maximum absolute atomic E-state index is 13.6. The molecule has 114 valence electrons. The highest BCUT2D eigenvalue weighted by Crippen LogP contribution is 2.24. The molecule has 0 aliphatic carbocycles. The van der Waals surface area contributed by atoms with Crippen LogP contribution < -0.4 is 5.32 Å². The van der Waals surface area contributed by atoms with Crippen molar-refractivity contribution in [3.8, 4) is 0 Å². The van der Waals surface area contributed by atoms with Crippen LogP contribution in [0, 0.1) is 5.82 Å². The van der Waals surface area contributed by atoms with E-state index in [0.717, 1.165) is 18.5 Å². The monoisotopic (exact) mass is 365 g/mol. The Bertz CT molecular complexity index is 534. The van der Waals surface area contributed by atoms with Crippen LogP contribution >= 0.6 is 15.9 Å². The second kappa shape index (κ2) is 8.10. The lowest BCUT2D eigenvalue weighted by atomic mass is 10.0. The Kier molecular flexibility index (Phi) is 7.12. The molecule has 0 heterocycles. The molecule has 1 rings (SSSR count). The molecular formula is C14H21BrFNO2S. The van der Waals surface area contributed by atoms with Gasteiger partial charge in [0.1, 0.15) is 15.7 Å². The third-order valence-electron chi connectivity index (χ3n) is 2.99. The average molecular weight is 366 g/mol. The Morgan fingerprint density at radius 3 is 2.65 bits per heavy atom. The zero-order valence-electron chi connectivity index (χ0n) is 11.8. The summed E-state index contributed by atoms with van der Waals surface area (Å²) in [6.45, 7) is 2.88. The van der Waals surface area contributed by atoms with Gasteiger partial charge in [-0.05, 0) is 59.4 Å². The summed E-state index contributed by atoms with van der Waals surface area (Å²) in [4.78, 5) is 0. The first-order valence-electron chi connectivity index (χ1n) is 6.69. The van der Waals surface area contributed by atoms with E-state index < -0.39 is 9.84 Å². The molecule has 0 saturated carbocycles. The SMILES string of the molecule is CCCNC(CCCS(C)(=O)=O)c1ccc(Br)c(F)c1. The van der Waals surface area contributed by atoms with Gasteiger partial charge in [-0.2, -0.15) is 0 Å². The van der Waals surface area contributed by atoms with Crippen molar-refractivity contribution in [2.45, 2.75) is 32.2 Å². The van der Waals surface area contributed by atoms with Crippen molar-refractivity contribution in [1.82, 2.24) is 5.32 Å². The summed E-state index contributed by atoms with van der Waals surface area (Å²) in [5.41, 5.74) is 0.854. The van der Waals surface area contributed by atoms with E-state index in [1.807, 2.05) is 6.07 Å². The highest BCUT2D eigenvalue weighted by atomic mass is 79.9. The standard InChI is InChI=1S/C14H21BrFNO2S/c1-3-8-17-14(5-4-9-20(2,18)19)11-6-7-12(15)13(16)10-11/h6-7,10,14,17H,3-5,8-9H2,1-2H3. The van der Waals surface area contributed by atoms with Gasteiger partial charge in [0.2, 0.25) is 0 Å². The Balaban J connectivity index is 2.74. The Hall–Kier alpha value is -0.460. The van der Waals surface area contributed by atoms with Crippen LogP contribution in [-0.4, -0.2) is 27.0 Å². The van der Waals surface area contributed by atoms with E-state index in [4.69, 9.17) is 0 Å². The first-order chi connectivity index (χ1) is 9.33. The van der Waals surface area contributed by atoms with Crippen LogP contribution in [-0.2, 0) is 9.84 Å². The van der Waals surface area contributed by atoms with E-state index >= 15 is 0 Å². The van der Waals surface area contributed by atoms with Gasteiger partial charge in [0.05, 0.1) is 4.47 Å². The number of rotatable bonds is 8. The van der Waals surface area contributed by atoms with Crippen LogP contribution in [0.15, 0.2) is 22.7 Å². The van der Waals surface area contributed by atoms with Crippen LogP contribution in [0.1, 0.15) is 37.8 Å². The van der Waals surface area contributed by atoms with Crippen LogP contribution in [0.5, 0.6) is 0 Å². The number of sulfone groups is 1. The summed E-state index contributed by atoms with van der Waals surface area (Å²) in [5, 5.41) is 3.34. The number of benzene rings is 1. The van der Waals surface area contributed by atoms with E-state index in [2.05, 4.69) is 28.2 Å². The van der Waals surface area contributed by atoms with Gasteiger partial charge in [-0.15, -0.1) is 0 Å². The molecule has 0 radical (unpaired) electrons. The molecule has 1 aromatic carbocycles. The van der Waals surface area contributed by atoms with E-state index in [1.54, 1.807) is 6.07 Å². The average Bonchev–Trinajstić information content (AvgIpc) is 2.35. The molecule has 0 amide bonds. The molecule has 6 heteroatoms. The van der Waals surface area contributed by atoms with Crippen molar-refractivity contribution in [2.75, 3.05) is 18.6 Å². The molecule has 1 unspecified atom stereocenters. The third kappa shape index (κ3) is 6.33. The second-order valence-corrected chi connectivity index (χ2v) is 8.07. The van der Waals surface area contributed by atoms with Gasteiger partial charge in [0, 0.05) is 18.1 Å². The molecule has 3 nitrogen and oxygen atoms in total. The van der Waals surface area contributed by atoms with Crippen LogP contribution in [0.3, 0.4) is 0 Å². The van der Waals surface area contributed by atoms with Crippen molar-refractivity contribution in [3.05, 3.63) is 34.1 Å². The maximum atomic E-state index is 13.6. The molecule has 20 heavy (non-hydrogen) atoms. The smallest absolute Gasteiger partial charge is 0.147 e. The Morgan fingerprint density at radius 2 is 2.10 bits per heavy atom. The number of hydrogen-bond donors (Lipinski definition) is 1. The highest BCUT2D eigenvalue weighted by molar-refractivity contribution is 9.10. The van der Waals surface area contributed by atoms with Crippen LogP contribution in [0.25, 0.3) is 0 Å². The first kappa shape index (κ1) is 17.6. The van der Waals surface area contributed by atoms with Gasteiger partial charge in [-0.1, -0.05) is 13.0 Å². The zero-order chi connectivity index (χ0) is 15.2. The quantitative estimate of drug-likeness (QED) is 0.767. The number of hydrogen-bond acceptors (Lipinski definition) is 3. The van der Waals surface area contributed by atoms with Gasteiger partial charge < -0.3 is 5.32 Å². The van der Waals surface area contributed by atoms with E-state index in [9.17, 15) is 12.8 Å². The largest absolute Gasteiger partial charge is 0.310 e. The fourth-order valence-corrected chi connectivity index (χ4v) is 2.92. The van der Waals surface area contributed by atoms with Crippen LogP contribution in [0.2, 0.25) is 0 Å². The van der Waals surface area contributed by atoms with Gasteiger partial charge in [0.25, 0.3) is 0 Å². The lowest BCUT2D eigenvalue weighted by Crippen LogP contribution is -2.23. The molecule has 0 aliphatic heterocycles. The lowest BCUT2D eigenvalue weighted by molar-refractivity contribution is 0.489. The fourth-order valence-electron chi connectivity index (χ4n) is 1.98. The molecule has 0 aromatic heterocycles.